The summed E-state index contributed by atoms with van der Waals surface area (Å²) in [5.41, 5.74) is 4.47. The van der Waals surface area contributed by atoms with E-state index in [0.29, 0.717) is 23.3 Å². The third-order valence-electron chi connectivity index (χ3n) is 5.88. The monoisotopic (exact) mass is 451 g/mol. The van der Waals surface area contributed by atoms with Crippen LogP contribution in [0.4, 0.5) is 14.9 Å². The van der Waals surface area contributed by atoms with Crippen LogP contribution < -0.4 is 10.6 Å². The van der Waals surface area contributed by atoms with Crippen molar-refractivity contribution in [2.24, 2.45) is 0 Å². The van der Waals surface area contributed by atoms with Crippen LogP contribution in [0.5, 0.6) is 0 Å². The van der Waals surface area contributed by atoms with Gasteiger partial charge in [0.05, 0.1) is 10.7 Å². The van der Waals surface area contributed by atoms with Gasteiger partial charge in [0.2, 0.25) is 0 Å². The second-order valence-corrected chi connectivity index (χ2v) is 8.55. The van der Waals surface area contributed by atoms with Crippen LogP contribution in [0.25, 0.3) is 0 Å². The van der Waals surface area contributed by atoms with E-state index in [4.69, 9.17) is 11.6 Å². The summed E-state index contributed by atoms with van der Waals surface area (Å²) < 4.78 is 13.3. The molecule has 1 heterocycles. The Labute approximate surface area is 193 Å². The maximum atomic E-state index is 13.3. The first-order valence-corrected chi connectivity index (χ1v) is 11.3. The van der Waals surface area contributed by atoms with Gasteiger partial charge in [0.15, 0.2) is 0 Å². The van der Waals surface area contributed by atoms with Crippen molar-refractivity contribution in [2.45, 2.75) is 31.8 Å². The van der Waals surface area contributed by atoms with Gasteiger partial charge in [0.1, 0.15) is 5.82 Å². The maximum absolute atomic E-state index is 13.3. The lowest BCUT2D eigenvalue weighted by Crippen LogP contribution is -2.43. The van der Waals surface area contributed by atoms with E-state index in [9.17, 15) is 9.18 Å². The molecule has 1 unspecified atom stereocenters. The van der Waals surface area contributed by atoms with Gasteiger partial charge in [-0.05, 0) is 60.2 Å². The van der Waals surface area contributed by atoms with Crippen molar-refractivity contribution in [1.82, 2.24) is 10.2 Å². The van der Waals surface area contributed by atoms with Crippen LogP contribution in [0.1, 0.15) is 23.1 Å². The summed E-state index contributed by atoms with van der Waals surface area (Å²) in [4.78, 5) is 14.7. The van der Waals surface area contributed by atoms with E-state index < -0.39 is 0 Å². The SMILES string of the molecule is O=C(NCCCN1Cc2ccccc2CC1Cc1ccc(F)cc1)Nc1ccccc1Cl. The van der Waals surface area contributed by atoms with E-state index >= 15 is 0 Å². The van der Waals surface area contributed by atoms with Gasteiger partial charge >= 0.3 is 6.03 Å². The largest absolute Gasteiger partial charge is 0.338 e. The third kappa shape index (κ3) is 5.87. The molecule has 0 bridgehead atoms. The van der Waals surface area contributed by atoms with Gasteiger partial charge in [-0.1, -0.05) is 60.1 Å². The number of nitrogens with zero attached hydrogens (tertiary/aromatic N) is 1. The standard InChI is InChI=1S/C26H27ClFN3O/c27-24-8-3-4-9-25(24)30-26(32)29-14-5-15-31-18-21-7-2-1-6-20(21)17-23(31)16-19-10-12-22(28)13-11-19/h1-4,6-13,23H,5,14-18H2,(H2,29,30,32). The second kappa shape index (κ2) is 10.6. The average Bonchev–Trinajstić information content (AvgIpc) is 2.80. The Morgan fingerprint density at radius 3 is 2.50 bits per heavy atom. The molecular weight excluding hydrogens is 425 g/mol. The maximum Gasteiger partial charge on any atom is 0.319 e. The molecule has 0 radical (unpaired) electrons. The highest BCUT2D eigenvalue weighted by molar-refractivity contribution is 6.33. The zero-order valence-electron chi connectivity index (χ0n) is 17.9. The first-order chi connectivity index (χ1) is 15.6. The van der Waals surface area contributed by atoms with Gasteiger partial charge < -0.3 is 10.6 Å². The van der Waals surface area contributed by atoms with Crippen molar-refractivity contribution < 1.29 is 9.18 Å². The molecule has 0 saturated carbocycles. The molecule has 1 aliphatic heterocycles. The first kappa shape index (κ1) is 22.3. The number of fused-ring (bicyclic) bond motifs is 1. The number of rotatable bonds is 7. The molecule has 0 aliphatic carbocycles. The van der Waals surface area contributed by atoms with Crippen LogP contribution in [-0.2, 0) is 19.4 Å². The number of para-hydroxylation sites is 1. The van der Waals surface area contributed by atoms with Crippen molar-refractivity contribution in [3.05, 3.63) is 100 Å². The average molecular weight is 452 g/mol. The van der Waals surface area contributed by atoms with Crippen LogP contribution in [0, 0.1) is 5.82 Å². The minimum absolute atomic E-state index is 0.208. The fraction of sp³-hybridized carbons (Fsp3) is 0.269. The van der Waals surface area contributed by atoms with Crippen LogP contribution >= 0.6 is 11.6 Å². The highest BCUT2D eigenvalue weighted by atomic mass is 35.5. The normalized spacial score (nSPS) is 15.8. The van der Waals surface area contributed by atoms with E-state index in [0.717, 1.165) is 37.9 Å². The molecule has 0 spiro atoms. The molecule has 32 heavy (non-hydrogen) atoms. The van der Waals surface area contributed by atoms with Gasteiger partial charge in [0.25, 0.3) is 0 Å². The zero-order chi connectivity index (χ0) is 22.3. The van der Waals surface area contributed by atoms with Crippen LogP contribution in [0.15, 0.2) is 72.8 Å². The number of amides is 2. The van der Waals surface area contributed by atoms with E-state index in [1.54, 1.807) is 12.1 Å². The molecule has 6 heteroatoms. The highest BCUT2D eigenvalue weighted by Crippen LogP contribution is 2.26. The Morgan fingerprint density at radius 1 is 1.00 bits per heavy atom. The topological polar surface area (TPSA) is 44.4 Å². The fourth-order valence-corrected chi connectivity index (χ4v) is 4.39. The first-order valence-electron chi connectivity index (χ1n) is 10.9. The van der Waals surface area contributed by atoms with E-state index in [1.165, 1.54) is 23.3 Å². The smallest absolute Gasteiger partial charge is 0.319 e. The zero-order valence-corrected chi connectivity index (χ0v) is 18.6. The number of urea groups is 1. The number of benzene rings is 3. The second-order valence-electron chi connectivity index (χ2n) is 8.14. The summed E-state index contributed by atoms with van der Waals surface area (Å²) in [5, 5.41) is 6.20. The molecular formula is C26H27ClFN3O. The third-order valence-corrected chi connectivity index (χ3v) is 6.21. The lowest BCUT2D eigenvalue weighted by Gasteiger charge is -2.37. The minimum atomic E-state index is -0.259. The number of halogens is 2. The van der Waals surface area contributed by atoms with Crippen molar-refractivity contribution in [3.63, 3.8) is 0 Å². The highest BCUT2D eigenvalue weighted by Gasteiger charge is 2.25. The lowest BCUT2D eigenvalue weighted by molar-refractivity contribution is 0.168. The molecule has 4 nitrogen and oxygen atoms in total. The lowest BCUT2D eigenvalue weighted by atomic mass is 9.90. The number of carbonyl (C=O) groups excluding carboxylic acids is 1. The Kier molecular flexibility index (Phi) is 7.40. The Morgan fingerprint density at radius 2 is 1.72 bits per heavy atom. The summed E-state index contributed by atoms with van der Waals surface area (Å²) in [6.45, 7) is 2.32. The number of carbonyl (C=O) groups is 1. The summed E-state index contributed by atoms with van der Waals surface area (Å²) in [5.74, 6) is -0.208. The summed E-state index contributed by atoms with van der Waals surface area (Å²) in [6, 6.07) is 22.6. The predicted molar refractivity (Wildman–Crippen MR) is 128 cm³/mol. The number of anilines is 1. The molecule has 3 aromatic carbocycles. The van der Waals surface area contributed by atoms with E-state index in [2.05, 4.69) is 39.8 Å². The van der Waals surface area contributed by atoms with Gasteiger partial charge in [0, 0.05) is 25.7 Å². The Balaban J connectivity index is 1.33. The molecule has 166 valence electrons. The molecule has 0 fully saturated rings. The van der Waals surface area contributed by atoms with Crippen LogP contribution in [-0.4, -0.2) is 30.1 Å². The summed E-state index contributed by atoms with van der Waals surface area (Å²) >= 11 is 6.09. The summed E-state index contributed by atoms with van der Waals surface area (Å²) in [7, 11) is 0. The molecule has 0 aromatic heterocycles. The summed E-state index contributed by atoms with van der Waals surface area (Å²) in [6.07, 6.45) is 2.67. The Bertz CT molecular complexity index is 1060. The molecule has 3 aromatic rings. The minimum Gasteiger partial charge on any atom is -0.338 e. The van der Waals surface area contributed by atoms with Gasteiger partial charge in [-0.25, -0.2) is 9.18 Å². The van der Waals surface area contributed by atoms with Crippen LogP contribution in [0.3, 0.4) is 0 Å². The van der Waals surface area contributed by atoms with E-state index in [-0.39, 0.29) is 11.8 Å². The van der Waals surface area contributed by atoms with Crippen molar-refractivity contribution in [1.29, 1.82) is 0 Å². The molecule has 1 aliphatic rings. The molecule has 1 atom stereocenters. The van der Waals surface area contributed by atoms with Gasteiger partial charge in [-0.3, -0.25) is 4.90 Å². The Hall–Kier alpha value is -2.89. The number of hydrogen-bond donors (Lipinski definition) is 2. The predicted octanol–water partition coefficient (Wildman–Crippen LogP) is 5.66. The number of nitrogens with one attached hydrogen (secondary N) is 2. The van der Waals surface area contributed by atoms with Crippen molar-refractivity contribution >= 4 is 23.3 Å². The van der Waals surface area contributed by atoms with E-state index in [1.807, 2.05) is 24.3 Å². The van der Waals surface area contributed by atoms with Crippen LogP contribution in [0.2, 0.25) is 5.02 Å². The quantitative estimate of drug-likeness (QED) is 0.455. The van der Waals surface area contributed by atoms with Crippen molar-refractivity contribution in [3.8, 4) is 0 Å². The molecule has 0 saturated heterocycles. The van der Waals surface area contributed by atoms with Gasteiger partial charge in [-0.2, -0.15) is 0 Å². The van der Waals surface area contributed by atoms with Crippen molar-refractivity contribution in [2.75, 3.05) is 18.4 Å². The molecule has 4 rings (SSSR count). The molecule has 2 N–H and O–H groups in total. The molecule has 2 amide bonds. The van der Waals surface area contributed by atoms with Gasteiger partial charge in [-0.15, -0.1) is 0 Å². The fourth-order valence-electron chi connectivity index (χ4n) is 4.21. The number of hydrogen-bond acceptors (Lipinski definition) is 2.